The average Bonchev–Trinajstić information content (AvgIpc) is 1.88. The van der Waals surface area contributed by atoms with E-state index in [1.807, 2.05) is 0 Å². The molecule has 0 unspecified atom stereocenters. The molecular weight excluding hydrogens is 218 g/mol. The third-order valence-electron chi connectivity index (χ3n) is 0.980. The quantitative estimate of drug-likeness (QED) is 0.526. The Kier molecular flexibility index (Phi) is 5.08. The smallest absolute Gasteiger partial charge is 0.543 e. The summed E-state index contributed by atoms with van der Waals surface area (Å²) in [6, 6.07) is 4.34. The molecule has 0 fully saturated rings. The van der Waals surface area contributed by atoms with Gasteiger partial charge in [0.05, 0.1) is 11.7 Å². The van der Waals surface area contributed by atoms with Gasteiger partial charge in [-0.15, -0.1) is 0 Å². The summed E-state index contributed by atoms with van der Waals surface area (Å²) in [6.45, 7) is 0. The molecule has 11 heavy (non-hydrogen) atoms. The van der Waals surface area contributed by atoms with E-state index in [1.54, 1.807) is 0 Å². The number of carbonyl (C=O) groups is 1. The van der Waals surface area contributed by atoms with Crippen LogP contribution in [0.2, 0.25) is 0 Å². The van der Waals surface area contributed by atoms with Crippen LogP contribution in [0.5, 0.6) is 0 Å². The van der Waals surface area contributed by atoms with Crippen LogP contribution in [0.1, 0.15) is 10.5 Å². The van der Waals surface area contributed by atoms with Gasteiger partial charge in [-0.1, -0.05) is 6.07 Å². The van der Waals surface area contributed by atoms with Crippen molar-refractivity contribution in [2.75, 3.05) is 5.73 Å². The van der Waals surface area contributed by atoms with Crippen LogP contribution in [0.3, 0.4) is 0 Å². The number of hydrogen-bond acceptors (Lipinski definition) is 4. The van der Waals surface area contributed by atoms with E-state index in [9.17, 15) is 9.90 Å². The van der Waals surface area contributed by atoms with Crippen molar-refractivity contribution in [3.8, 4) is 0 Å². The van der Waals surface area contributed by atoms with Crippen molar-refractivity contribution in [1.82, 2.24) is 4.98 Å². The molecule has 0 saturated heterocycles. The Morgan fingerprint density at radius 2 is 2.18 bits per heavy atom. The Hall–Kier alpha value is 0.225. The van der Waals surface area contributed by atoms with E-state index in [1.165, 1.54) is 18.2 Å². The fraction of sp³-hybridized carbons (Fsp3) is 0. The van der Waals surface area contributed by atoms with Gasteiger partial charge in [0.15, 0.2) is 0 Å². The number of hydrogen-bond donors (Lipinski definition) is 1. The monoisotopic (exact) mass is 222 g/mol. The number of rotatable bonds is 1. The second kappa shape index (κ2) is 4.98. The maximum absolute atomic E-state index is 10.1. The summed E-state index contributed by atoms with van der Waals surface area (Å²) in [5, 5.41) is 10.1. The third-order valence-corrected chi connectivity index (χ3v) is 0.980. The molecule has 1 aromatic rings. The summed E-state index contributed by atoms with van der Waals surface area (Å²) in [5.74, 6) is -1.13. The van der Waals surface area contributed by atoms with Gasteiger partial charge in [0.2, 0.25) is 0 Å². The first-order valence-corrected chi connectivity index (χ1v) is 2.64. The number of carbonyl (C=O) groups excluding carboxylic acids is 1. The predicted molar refractivity (Wildman–Crippen MR) is 33.0 cm³/mol. The maximum Gasteiger partial charge on any atom is 1.00 e. The van der Waals surface area contributed by atoms with E-state index in [4.69, 9.17) is 5.73 Å². The molecule has 52 valence electrons. The van der Waals surface area contributed by atoms with E-state index < -0.39 is 5.97 Å². The predicted octanol–water partition coefficient (Wildman–Crippen LogP) is -3.97. The SMILES string of the molecule is Nc1cccc(C(=O)[O-])n1.[Rb+]. The Labute approximate surface area is 113 Å². The number of pyridine rings is 1. The van der Waals surface area contributed by atoms with Crippen molar-refractivity contribution in [3.63, 3.8) is 0 Å². The van der Waals surface area contributed by atoms with Gasteiger partial charge in [-0.3, -0.25) is 0 Å². The van der Waals surface area contributed by atoms with Crippen LogP contribution in [0.25, 0.3) is 0 Å². The molecule has 0 aromatic carbocycles. The summed E-state index contributed by atoms with van der Waals surface area (Å²) in [5.41, 5.74) is 5.06. The largest absolute Gasteiger partial charge is 1.00 e. The number of nitrogens with two attached hydrogens (primary N) is 1. The third kappa shape index (κ3) is 3.42. The van der Waals surface area contributed by atoms with Crippen molar-refractivity contribution >= 4 is 11.8 Å². The first-order valence-electron chi connectivity index (χ1n) is 2.64. The van der Waals surface area contributed by atoms with Gasteiger partial charge in [0, 0.05) is 0 Å². The molecule has 0 aliphatic heterocycles. The van der Waals surface area contributed by atoms with Gasteiger partial charge in [-0.25, -0.2) is 4.98 Å². The van der Waals surface area contributed by atoms with Crippen LogP contribution in [0.15, 0.2) is 18.2 Å². The van der Waals surface area contributed by atoms with Crippen LogP contribution in [0.4, 0.5) is 5.82 Å². The minimum absolute atomic E-state index is 0. The molecule has 0 aliphatic carbocycles. The number of carboxylic acids is 1. The number of nitrogen functional groups attached to an aromatic ring is 1. The van der Waals surface area contributed by atoms with Crippen LogP contribution >= 0.6 is 0 Å². The molecule has 0 spiro atoms. The Balaban J connectivity index is 0.000001000. The standard InChI is InChI=1S/C6H6N2O2.Rb/c7-5-3-1-2-4(8-5)6(9)10;/h1-3H,(H2,7,8)(H,9,10);/q;+1/p-1. The zero-order chi connectivity index (χ0) is 7.56. The zero-order valence-corrected chi connectivity index (χ0v) is 11.0. The first kappa shape index (κ1) is 11.2. The number of anilines is 1. The van der Waals surface area contributed by atoms with Crippen molar-refractivity contribution < 1.29 is 68.1 Å². The van der Waals surface area contributed by atoms with Crippen molar-refractivity contribution in [2.24, 2.45) is 0 Å². The normalized spacial score (nSPS) is 8.36. The summed E-state index contributed by atoms with van der Waals surface area (Å²) in [6.07, 6.45) is 0. The fourth-order valence-corrected chi connectivity index (χ4v) is 0.565. The second-order valence-electron chi connectivity index (χ2n) is 1.74. The van der Waals surface area contributed by atoms with E-state index in [0.717, 1.165) is 0 Å². The Bertz CT molecular complexity index is 265. The van der Waals surface area contributed by atoms with Crippen LogP contribution in [-0.2, 0) is 0 Å². The van der Waals surface area contributed by atoms with Crippen LogP contribution in [-0.4, -0.2) is 11.0 Å². The summed E-state index contributed by atoms with van der Waals surface area (Å²) in [7, 11) is 0. The molecule has 0 saturated carbocycles. The zero-order valence-electron chi connectivity index (χ0n) is 6.07. The number of aromatic carboxylic acids is 1. The topological polar surface area (TPSA) is 79.0 Å². The number of nitrogens with zero attached hydrogens (tertiary/aromatic N) is 1. The van der Waals surface area contributed by atoms with Gasteiger partial charge < -0.3 is 15.6 Å². The molecule has 5 heteroatoms. The molecule has 0 radical (unpaired) electrons. The van der Waals surface area contributed by atoms with Crippen LogP contribution in [0, 0.1) is 0 Å². The molecule has 1 rings (SSSR count). The Morgan fingerprint density at radius 1 is 1.55 bits per heavy atom. The first-order chi connectivity index (χ1) is 4.70. The summed E-state index contributed by atoms with van der Waals surface area (Å²) in [4.78, 5) is 13.6. The van der Waals surface area contributed by atoms with Crippen molar-refractivity contribution in [2.45, 2.75) is 0 Å². The van der Waals surface area contributed by atoms with Gasteiger partial charge in [-0.05, 0) is 12.1 Å². The summed E-state index contributed by atoms with van der Waals surface area (Å²) < 4.78 is 0. The molecule has 0 bridgehead atoms. The van der Waals surface area contributed by atoms with Crippen molar-refractivity contribution in [1.29, 1.82) is 0 Å². The van der Waals surface area contributed by atoms with E-state index >= 15 is 0 Å². The van der Waals surface area contributed by atoms with E-state index in [2.05, 4.69) is 4.98 Å². The van der Waals surface area contributed by atoms with E-state index in [-0.39, 0.29) is 69.7 Å². The molecular formula is C6H5N2O2Rb. The van der Waals surface area contributed by atoms with E-state index in [0.29, 0.717) is 0 Å². The second-order valence-corrected chi connectivity index (χ2v) is 1.74. The molecule has 0 aliphatic rings. The fourth-order valence-electron chi connectivity index (χ4n) is 0.565. The molecule has 1 heterocycles. The van der Waals surface area contributed by atoms with Gasteiger partial charge in [-0.2, -0.15) is 0 Å². The van der Waals surface area contributed by atoms with Gasteiger partial charge in [0.1, 0.15) is 5.82 Å². The minimum atomic E-state index is -1.31. The number of aromatic nitrogens is 1. The molecule has 4 nitrogen and oxygen atoms in total. The van der Waals surface area contributed by atoms with Gasteiger partial charge in [0.25, 0.3) is 0 Å². The number of carboxylic acid groups (broad SMARTS) is 1. The van der Waals surface area contributed by atoms with Crippen LogP contribution < -0.4 is 69.0 Å². The summed E-state index contributed by atoms with van der Waals surface area (Å²) >= 11 is 0. The van der Waals surface area contributed by atoms with Gasteiger partial charge >= 0.3 is 58.2 Å². The molecule has 0 atom stereocenters. The Morgan fingerprint density at radius 3 is 2.55 bits per heavy atom. The minimum Gasteiger partial charge on any atom is -0.543 e. The maximum atomic E-state index is 10.1. The van der Waals surface area contributed by atoms with Crippen molar-refractivity contribution in [3.05, 3.63) is 23.9 Å². The average molecular weight is 223 g/mol. The molecule has 1 aromatic heterocycles. The molecule has 0 amide bonds. The molecule has 2 N–H and O–H groups in total.